The van der Waals surface area contributed by atoms with Gasteiger partial charge in [0.25, 0.3) is 0 Å². The molecular formula is C12H17N3OS. The molecule has 92 valence electrons. The summed E-state index contributed by atoms with van der Waals surface area (Å²) in [6.45, 7) is 3.71. The van der Waals surface area contributed by atoms with Crippen LogP contribution < -0.4 is 0 Å². The fourth-order valence-electron chi connectivity index (χ4n) is 1.87. The number of rotatable bonds is 5. The van der Waals surface area contributed by atoms with Crippen molar-refractivity contribution in [3.8, 4) is 0 Å². The first kappa shape index (κ1) is 12.3. The molecule has 2 rings (SSSR count). The quantitative estimate of drug-likeness (QED) is 0.656. The van der Waals surface area contributed by atoms with Gasteiger partial charge < -0.3 is 14.3 Å². The third-order valence-electron chi connectivity index (χ3n) is 2.73. The summed E-state index contributed by atoms with van der Waals surface area (Å²) in [4.78, 5) is 7.63. The van der Waals surface area contributed by atoms with Crippen LogP contribution in [0.1, 0.15) is 18.4 Å². The zero-order valence-electron chi connectivity index (χ0n) is 10.2. The number of hydrogen-bond donors (Lipinski definition) is 1. The first-order valence-corrected chi connectivity index (χ1v) is 6.17. The summed E-state index contributed by atoms with van der Waals surface area (Å²) in [7, 11) is 1.72. The lowest BCUT2D eigenvalue weighted by molar-refractivity contribution is 0.191. The first-order valence-electron chi connectivity index (χ1n) is 5.76. The van der Waals surface area contributed by atoms with Gasteiger partial charge in [-0.15, -0.1) is 0 Å². The van der Waals surface area contributed by atoms with Crippen LogP contribution in [-0.4, -0.2) is 28.3 Å². The molecule has 0 fully saturated rings. The molecule has 4 nitrogen and oxygen atoms in total. The standard InChI is InChI=1S/C12H17N3OS/c1-9-7-10-11(13-8-9)15(12(17)14-10)5-3-4-6-16-2/h7-8H,3-6H2,1-2H3,(H,14,17). The van der Waals surface area contributed by atoms with E-state index in [1.54, 1.807) is 7.11 Å². The van der Waals surface area contributed by atoms with Crippen LogP contribution in [0.15, 0.2) is 12.3 Å². The Morgan fingerprint density at radius 3 is 3.06 bits per heavy atom. The molecule has 0 saturated carbocycles. The van der Waals surface area contributed by atoms with Crippen molar-refractivity contribution >= 4 is 23.4 Å². The second-order valence-electron chi connectivity index (χ2n) is 4.17. The van der Waals surface area contributed by atoms with E-state index in [0.29, 0.717) is 0 Å². The SMILES string of the molecule is COCCCCn1c(=S)[nH]c2cc(C)cnc21. The van der Waals surface area contributed by atoms with E-state index in [1.165, 1.54) is 0 Å². The number of hydrogen-bond acceptors (Lipinski definition) is 3. The largest absolute Gasteiger partial charge is 0.385 e. The lowest BCUT2D eigenvalue weighted by Gasteiger charge is -2.03. The van der Waals surface area contributed by atoms with Gasteiger partial charge in [-0.3, -0.25) is 0 Å². The molecule has 5 heteroatoms. The number of unbranched alkanes of at least 4 members (excludes halogenated alkanes) is 1. The molecule has 0 unspecified atom stereocenters. The number of H-pyrrole nitrogens is 1. The van der Waals surface area contributed by atoms with Crippen molar-refractivity contribution in [2.45, 2.75) is 26.3 Å². The number of fused-ring (bicyclic) bond motifs is 1. The molecule has 0 bridgehead atoms. The van der Waals surface area contributed by atoms with Crippen LogP contribution in [0.2, 0.25) is 0 Å². The van der Waals surface area contributed by atoms with Crippen LogP contribution in [0, 0.1) is 11.7 Å². The second-order valence-corrected chi connectivity index (χ2v) is 4.55. The highest BCUT2D eigenvalue weighted by atomic mass is 32.1. The molecule has 0 spiro atoms. The lowest BCUT2D eigenvalue weighted by atomic mass is 10.3. The van der Waals surface area contributed by atoms with Gasteiger partial charge in [0.1, 0.15) is 0 Å². The van der Waals surface area contributed by atoms with Crippen molar-refractivity contribution in [1.82, 2.24) is 14.5 Å². The molecule has 0 amide bonds. The molecule has 2 aromatic heterocycles. The molecule has 17 heavy (non-hydrogen) atoms. The highest BCUT2D eigenvalue weighted by Crippen LogP contribution is 2.13. The predicted octanol–water partition coefficient (Wildman–Crippen LogP) is 2.83. The summed E-state index contributed by atoms with van der Waals surface area (Å²) >= 11 is 5.31. The minimum absolute atomic E-state index is 0.746. The Kier molecular flexibility index (Phi) is 3.91. The molecule has 2 aromatic rings. The maximum Gasteiger partial charge on any atom is 0.179 e. The van der Waals surface area contributed by atoms with Gasteiger partial charge >= 0.3 is 0 Å². The second kappa shape index (κ2) is 5.42. The van der Waals surface area contributed by atoms with Crippen LogP contribution in [-0.2, 0) is 11.3 Å². The number of ether oxygens (including phenoxy) is 1. The number of aromatic nitrogens is 3. The maximum absolute atomic E-state index is 5.31. The van der Waals surface area contributed by atoms with Gasteiger partial charge in [0.05, 0.1) is 5.52 Å². The van der Waals surface area contributed by atoms with Gasteiger partial charge in [-0.05, 0) is 43.6 Å². The van der Waals surface area contributed by atoms with Crippen molar-refractivity contribution in [2.75, 3.05) is 13.7 Å². The third kappa shape index (κ3) is 2.73. The number of methoxy groups -OCH3 is 1. The Labute approximate surface area is 106 Å². The van der Waals surface area contributed by atoms with Crippen molar-refractivity contribution in [1.29, 1.82) is 0 Å². The van der Waals surface area contributed by atoms with Crippen molar-refractivity contribution < 1.29 is 4.74 Å². The number of nitrogens with zero attached hydrogens (tertiary/aromatic N) is 2. The van der Waals surface area contributed by atoms with E-state index in [2.05, 4.69) is 20.6 Å². The van der Waals surface area contributed by atoms with Gasteiger partial charge in [0.2, 0.25) is 0 Å². The Morgan fingerprint density at radius 2 is 2.29 bits per heavy atom. The van der Waals surface area contributed by atoms with E-state index in [9.17, 15) is 0 Å². The summed E-state index contributed by atoms with van der Waals surface area (Å²) < 4.78 is 7.84. The smallest absolute Gasteiger partial charge is 0.179 e. The zero-order valence-corrected chi connectivity index (χ0v) is 11.0. The molecule has 0 aromatic carbocycles. The van der Waals surface area contributed by atoms with Gasteiger partial charge in [-0.25, -0.2) is 4.98 Å². The van der Waals surface area contributed by atoms with E-state index in [0.717, 1.165) is 47.5 Å². The van der Waals surface area contributed by atoms with E-state index < -0.39 is 0 Å². The first-order chi connectivity index (χ1) is 8.22. The van der Waals surface area contributed by atoms with Crippen LogP contribution in [0.5, 0.6) is 0 Å². The highest BCUT2D eigenvalue weighted by Gasteiger charge is 2.05. The van der Waals surface area contributed by atoms with Crippen molar-refractivity contribution in [2.24, 2.45) is 0 Å². The fourth-order valence-corrected chi connectivity index (χ4v) is 2.16. The van der Waals surface area contributed by atoms with E-state index in [1.807, 2.05) is 13.1 Å². The molecule has 0 saturated heterocycles. The fraction of sp³-hybridized carbons (Fsp3) is 0.500. The van der Waals surface area contributed by atoms with Crippen LogP contribution >= 0.6 is 12.2 Å². The summed E-state index contributed by atoms with van der Waals surface area (Å²) in [5.74, 6) is 0. The van der Waals surface area contributed by atoms with Gasteiger partial charge in [-0.1, -0.05) is 0 Å². The number of nitrogens with one attached hydrogen (secondary N) is 1. The monoisotopic (exact) mass is 251 g/mol. The van der Waals surface area contributed by atoms with Crippen molar-refractivity contribution in [3.05, 3.63) is 22.6 Å². The zero-order chi connectivity index (χ0) is 12.3. The Balaban J connectivity index is 2.21. The van der Waals surface area contributed by atoms with Gasteiger partial charge in [0, 0.05) is 26.5 Å². The number of aromatic amines is 1. The minimum atomic E-state index is 0.746. The summed E-state index contributed by atoms with van der Waals surface area (Å²) in [5.41, 5.74) is 3.10. The summed E-state index contributed by atoms with van der Waals surface area (Å²) in [5, 5.41) is 0. The molecule has 0 aliphatic heterocycles. The van der Waals surface area contributed by atoms with E-state index in [-0.39, 0.29) is 0 Å². The van der Waals surface area contributed by atoms with Crippen LogP contribution in [0.3, 0.4) is 0 Å². The lowest BCUT2D eigenvalue weighted by Crippen LogP contribution is -2.01. The number of pyridine rings is 1. The average Bonchev–Trinajstić information content (AvgIpc) is 2.60. The van der Waals surface area contributed by atoms with Gasteiger partial charge in [0.15, 0.2) is 10.4 Å². The average molecular weight is 251 g/mol. The Bertz CT molecular complexity index is 558. The molecular weight excluding hydrogens is 234 g/mol. The summed E-state index contributed by atoms with van der Waals surface area (Å²) in [6.07, 6.45) is 3.96. The minimum Gasteiger partial charge on any atom is -0.385 e. The van der Waals surface area contributed by atoms with Gasteiger partial charge in [-0.2, -0.15) is 0 Å². The molecule has 1 N–H and O–H groups in total. The highest BCUT2D eigenvalue weighted by molar-refractivity contribution is 7.71. The maximum atomic E-state index is 5.31. The van der Waals surface area contributed by atoms with Crippen LogP contribution in [0.4, 0.5) is 0 Å². The Morgan fingerprint density at radius 1 is 1.47 bits per heavy atom. The van der Waals surface area contributed by atoms with Crippen LogP contribution in [0.25, 0.3) is 11.2 Å². The number of imidazole rings is 1. The Hall–Kier alpha value is -1.20. The normalized spacial score (nSPS) is 11.2. The third-order valence-corrected chi connectivity index (χ3v) is 3.05. The van der Waals surface area contributed by atoms with E-state index >= 15 is 0 Å². The predicted molar refractivity (Wildman–Crippen MR) is 70.8 cm³/mol. The summed E-state index contributed by atoms with van der Waals surface area (Å²) in [6, 6.07) is 2.07. The molecule has 0 atom stereocenters. The molecule has 0 aliphatic carbocycles. The molecule has 0 aliphatic rings. The molecule has 0 radical (unpaired) electrons. The number of aryl methyl sites for hydroxylation is 2. The molecule has 2 heterocycles. The topological polar surface area (TPSA) is 42.8 Å². The van der Waals surface area contributed by atoms with Crippen molar-refractivity contribution in [3.63, 3.8) is 0 Å². The van der Waals surface area contributed by atoms with E-state index in [4.69, 9.17) is 17.0 Å².